The smallest absolute Gasteiger partial charge is 0.335 e. The number of aromatic carboxylic acids is 1. The highest BCUT2D eigenvalue weighted by Gasteiger charge is 2.16. The Hall–Kier alpha value is -3.28. The summed E-state index contributed by atoms with van der Waals surface area (Å²) in [5.74, 6) is 0.203. The van der Waals surface area contributed by atoms with E-state index in [0.717, 1.165) is 10.9 Å². The quantitative estimate of drug-likeness (QED) is 0.801. The zero-order valence-corrected chi connectivity index (χ0v) is 12.6. The highest BCUT2D eigenvalue weighted by atomic mass is 16.7. The van der Waals surface area contributed by atoms with Gasteiger partial charge in [0.05, 0.1) is 17.5 Å². The van der Waals surface area contributed by atoms with Gasteiger partial charge in [0.15, 0.2) is 11.5 Å². The fraction of sp³-hybridized carbons (Fsp3) is 0.111. The van der Waals surface area contributed by atoms with Gasteiger partial charge in [0.25, 0.3) is 5.56 Å². The van der Waals surface area contributed by atoms with Crippen molar-refractivity contribution in [3.63, 3.8) is 0 Å². The summed E-state index contributed by atoms with van der Waals surface area (Å²) in [5, 5.41) is 10.4. The first-order chi connectivity index (χ1) is 11.6. The van der Waals surface area contributed by atoms with Crippen molar-refractivity contribution in [2.45, 2.75) is 6.54 Å². The second kappa shape index (κ2) is 5.42. The molecule has 1 aromatic heterocycles. The Morgan fingerprint density at radius 3 is 2.71 bits per heavy atom. The molecule has 0 saturated heterocycles. The standard InChI is InChI=1S/C18H13NO5/c20-17-14-8-16-15(23-10-24-16)7-12(14)4-5-19(17)9-11-2-1-3-13(6-11)18(21)22/h1-8H,9-10H2,(H,21,22). The number of pyridine rings is 1. The van der Waals surface area contributed by atoms with Crippen LogP contribution in [-0.2, 0) is 6.54 Å². The van der Waals surface area contributed by atoms with Crippen LogP contribution in [0, 0.1) is 0 Å². The summed E-state index contributed by atoms with van der Waals surface area (Å²) in [6.07, 6.45) is 1.69. The molecule has 0 unspecified atom stereocenters. The molecule has 0 fully saturated rings. The number of carboxylic acids is 1. The number of hydrogen-bond donors (Lipinski definition) is 1. The van der Waals surface area contributed by atoms with E-state index in [2.05, 4.69) is 0 Å². The highest BCUT2D eigenvalue weighted by molar-refractivity contribution is 5.87. The Labute approximate surface area is 136 Å². The van der Waals surface area contributed by atoms with Gasteiger partial charge in [-0.3, -0.25) is 4.79 Å². The normalized spacial score (nSPS) is 12.5. The van der Waals surface area contributed by atoms with Gasteiger partial charge >= 0.3 is 5.97 Å². The van der Waals surface area contributed by atoms with E-state index in [1.807, 2.05) is 6.07 Å². The van der Waals surface area contributed by atoms with Gasteiger partial charge < -0.3 is 19.1 Å². The van der Waals surface area contributed by atoms with Crippen LogP contribution in [0.5, 0.6) is 11.5 Å². The van der Waals surface area contributed by atoms with Crippen LogP contribution in [0.3, 0.4) is 0 Å². The summed E-state index contributed by atoms with van der Waals surface area (Å²) in [5.41, 5.74) is 0.785. The molecule has 3 aromatic rings. The number of hydrogen-bond acceptors (Lipinski definition) is 4. The maximum atomic E-state index is 12.7. The maximum Gasteiger partial charge on any atom is 0.335 e. The van der Waals surface area contributed by atoms with Gasteiger partial charge in [-0.05, 0) is 41.3 Å². The lowest BCUT2D eigenvalue weighted by Gasteiger charge is -2.09. The lowest BCUT2D eigenvalue weighted by atomic mass is 10.1. The van der Waals surface area contributed by atoms with Crippen LogP contribution < -0.4 is 15.0 Å². The Kier molecular flexibility index (Phi) is 3.23. The zero-order valence-electron chi connectivity index (χ0n) is 12.6. The predicted octanol–water partition coefficient (Wildman–Crippen LogP) is 2.48. The third-order valence-corrected chi connectivity index (χ3v) is 4.00. The number of carbonyl (C=O) groups is 1. The molecule has 0 radical (unpaired) electrons. The molecule has 0 spiro atoms. The molecule has 120 valence electrons. The molecule has 6 heteroatoms. The topological polar surface area (TPSA) is 77.8 Å². The molecule has 0 saturated carbocycles. The molecule has 0 aliphatic carbocycles. The molecule has 1 N–H and O–H groups in total. The van der Waals surface area contributed by atoms with E-state index < -0.39 is 5.97 Å². The molecule has 0 bridgehead atoms. The number of rotatable bonds is 3. The van der Waals surface area contributed by atoms with Gasteiger partial charge in [-0.25, -0.2) is 4.79 Å². The van der Waals surface area contributed by atoms with Crippen molar-refractivity contribution < 1.29 is 19.4 Å². The van der Waals surface area contributed by atoms with E-state index in [1.54, 1.807) is 41.1 Å². The van der Waals surface area contributed by atoms with Crippen LogP contribution >= 0.6 is 0 Å². The lowest BCUT2D eigenvalue weighted by Crippen LogP contribution is -2.20. The molecule has 6 nitrogen and oxygen atoms in total. The zero-order chi connectivity index (χ0) is 16.7. The number of fused-ring (bicyclic) bond motifs is 2. The first-order valence-corrected chi connectivity index (χ1v) is 7.37. The van der Waals surface area contributed by atoms with Gasteiger partial charge in [-0.15, -0.1) is 0 Å². The number of nitrogens with zero attached hydrogens (tertiary/aromatic N) is 1. The third-order valence-electron chi connectivity index (χ3n) is 4.00. The van der Waals surface area contributed by atoms with Crippen molar-refractivity contribution in [1.82, 2.24) is 4.57 Å². The van der Waals surface area contributed by atoms with Crippen molar-refractivity contribution in [2.24, 2.45) is 0 Å². The number of ether oxygens (including phenoxy) is 2. The highest BCUT2D eigenvalue weighted by Crippen LogP contribution is 2.34. The predicted molar refractivity (Wildman–Crippen MR) is 86.8 cm³/mol. The first-order valence-electron chi connectivity index (χ1n) is 7.37. The summed E-state index contributed by atoms with van der Waals surface area (Å²) < 4.78 is 12.2. The van der Waals surface area contributed by atoms with Gasteiger partial charge in [0.2, 0.25) is 6.79 Å². The second-order valence-electron chi connectivity index (χ2n) is 5.55. The fourth-order valence-electron chi connectivity index (χ4n) is 2.80. The summed E-state index contributed by atoms with van der Waals surface area (Å²) in [4.78, 5) is 23.8. The van der Waals surface area contributed by atoms with E-state index in [9.17, 15) is 9.59 Å². The average molecular weight is 323 g/mol. The molecular weight excluding hydrogens is 310 g/mol. The second-order valence-corrected chi connectivity index (χ2v) is 5.55. The Morgan fingerprint density at radius 2 is 1.92 bits per heavy atom. The van der Waals surface area contributed by atoms with Gasteiger partial charge in [-0.1, -0.05) is 12.1 Å². The number of carboxylic acid groups (broad SMARTS) is 1. The van der Waals surface area contributed by atoms with E-state index in [4.69, 9.17) is 14.6 Å². The minimum Gasteiger partial charge on any atom is -0.478 e. The van der Waals surface area contributed by atoms with Crippen LogP contribution in [0.15, 0.2) is 53.5 Å². The van der Waals surface area contributed by atoms with Gasteiger partial charge in [0, 0.05) is 6.20 Å². The van der Waals surface area contributed by atoms with Crippen molar-refractivity contribution >= 4 is 16.7 Å². The third kappa shape index (κ3) is 2.38. The first kappa shape index (κ1) is 14.3. The Balaban J connectivity index is 1.76. The van der Waals surface area contributed by atoms with Crippen molar-refractivity contribution in [3.05, 3.63) is 70.1 Å². The van der Waals surface area contributed by atoms with Crippen molar-refractivity contribution in [1.29, 1.82) is 0 Å². The fourth-order valence-corrected chi connectivity index (χ4v) is 2.80. The molecular formula is C18H13NO5. The Morgan fingerprint density at radius 1 is 1.12 bits per heavy atom. The summed E-state index contributed by atoms with van der Waals surface area (Å²) >= 11 is 0. The van der Waals surface area contributed by atoms with Crippen LogP contribution in [-0.4, -0.2) is 22.4 Å². The molecule has 1 aliphatic heterocycles. The average Bonchev–Trinajstić information content (AvgIpc) is 3.04. The molecule has 0 amide bonds. The summed E-state index contributed by atoms with van der Waals surface area (Å²) in [6, 6.07) is 11.9. The molecule has 24 heavy (non-hydrogen) atoms. The molecule has 0 atom stereocenters. The van der Waals surface area contributed by atoms with Crippen LogP contribution in [0.1, 0.15) is 15.9 Å². The largest absolute Gasteiger partial charge is 0.478 e. The van der Waals surface area contributed by atoms with E-state index in [-0.39, 0.29) is 17.9 Å². The van der Waals surface area contributed by atoms with Crippen LogP contribution in [0.25, 0.3) is 10.8 Å². The molecule has 1 aliphatic rings. The maximum absolute atomic E-state index is 12.7. The van der Waals surface area contributed by atoms with Gasteiger partial charge in [0.1, 0.15) is 0 Å². The van der Waals surface area contributed by atoms with Crippen LogP contribution in [0.2, 0.25) is 0 Å². The molecule has 2 heterocycles. The monoisotopic (exact) mass is 323 g/mol. The van der Waals surface area contributed by atoms with Crippen molar-refractivity contribution in [2.75, 3.05) is 6.79 Å². The number of benzene rings is 2. The van der Waals surface area contributed by atoms with Gasteiger partial charge in [-0.2, -0.15) is 0 Å². The molecule has 4 rings (SSSR count). The van der Waals surface area contributed by atoms with Crippen LogP contribution in [0.4, 0.5) is 0 Å². The van der Waals surface area contributed by atoms with E-state index >= 15 is 0 Å². The SMILES string of the molecule is O=C(O)c1cccc(Cn2ccc3cc4c(cc3c2=O)OCO4)c1. The van der Waals surface area contributed by atoms with E-state index in [1.165, 1.54) is 6.07 Å². The summed E-state index contributed by atoms with van der Waals surface area (Å²) in [7, 11) is 0. The minimum absolute atomic E-state index is 0.155. The molecule has 2 aromatic carbocycles. The Bertz CT molecular complexity index is 1020. The summed E-state index contributed by atoms with van der Waals surface area (Å²) in [6.45, 7) is 0.451. The van der Waals surface area contributed by atoms with Crippen molar-refractivity contribution in [3.8, 4) is 11.5 Å². The minimum atomic E-state index is -0.990. The van der Waals surface area contributed by atoms with E-state index in [0.29, 0.717) is 23.4 Å². The number of aromatic nitrogens is 1. The lowest BCUT2D eigenvalue weighted by molar-refractivity contribution is 0.0696.